The summed E-state index contributed by atoms with van der Waals surface area (Å²) in [6, 6.07) is 8.03. The first-order chi connectivity index (χ1) is 14.4. The summed E-state index contributed by atoms with van der Waals surface area (Å²) in [6.45, 7) is 7.88. The van der Waals surface area contributed by atoms with Gasteiger partial charge in [0.1, 0.15) is 12.4 Å². The number of amides is 1. The Labute approximate surface area is 183 Å². The summed E-state index contributed by atoms with van der Waals surface area (Å²) in [4.78, 5) is 27.5. The first-order valence-electron chi connectivity index (χ1n) is 10.9. The van der Waals surface area contributed by atoms with E-state index in [0.29, 0.717) is 36.6 Å². The molecule has 2 heterocycles. The van der Waals surface area contributed by atoms with Gasteiger partial charge in [0, 0.05) is 31.0 Å². The maximum atomic E-state index is 12.9. The average Bonchev–Trinajstić information content (AvgIpc) is 3.07. The number of carbonyl (C=O) groups excluding carboxylic acids is 2. The van der Waals surface area contributed by atoms with E-state index in [9.17, 15) is 9.59 Å². The Morgan fingerprint density at radius 1 is 1.20 bits per heavy atom. The average molecular weight is 429 g/mol. The van der Waals surface area contributed by atoms with E-state index in [0.717, 1.165) is 30.7 Å². The van der Waals surface area contributed by atoms with Crippen molar-refractivity contribution < 1.29 is 9.59 Å². The molecule has 0 radical (unpaired) electrons. The molecule has 2 aromatic rings. The minimum Gasteiger partial charge on any atom is -0.341 e. The number of piperidine rings is 1. The molecule has 162 valence electrons. The molecule has 0 unspecified atom stereocenters. The van der Waals surface area contributed by atoms with E-state index in [1.807, 2.05) is 17.0 Å². The lowest BCUT2D eigenvalue weighted by molar-refractivity contribution is -0.133. The highest BCUT2D eigenvalue weighted by Gasteiger charge is 2.28. The maximum absolute atomic E-state index is 12.9. The van der Waals surface area contributed by atoms with Gasteiger partial charge in [0.05, 0.1) is 0 Å². The van der Waals surface area contributed by atoms with Crippen LogP contribution in [0.3, 0.4) is 0 Å². The van der Waals surface area contributed by atoms with Crippen molar-refractivity contribution in [3.63, 3.8) is 0 Å². The predicted molar refractivity (Wildman–Crippen MR) is 120 cm³/mol. The molecule has 1 N–H and O–H groups in total. The predicted octanol–water partition coefficient (Wildman–Crippen LogP) is 4.21. The molecule has 30 heavy (non-hydrogen) atoms. The number of rotatable bonds is 8. The van der Waals surface area contributed by atoms with Crippen LogP contribution in [0.1, 0.15) is 61.8 Å². The van der Waals surface area contributed by atoms with E-state index in [-0.39, 0.29) is 24.2 Å². The van der Waals surface area contributed by atoms with Crippen molar-refractivity contribution >= 4 is 23.9 Å². The van der Waals surface area contributed by atoms with Crippen molar-refractivity contribution in [2.75, 3.05) is 13.1 Å². The second-order valence-electron chi connectivity index (χ2n) is 8.60. The minimum absolute atomic E-state index is 0.0169. The van der Waals surface area contributed by atoms with Crippen LogP contribution in [-0.4, -0.2) is 44.4 Å². The zero-order chi connectivity index (χ0) is 21.7. The standard InChI is InChI=1S/C23H32N4O2S/c1-4-5-20-24-25-23(30)27(20)15-21(28)26-12-10-19(11-13-26)22(29)18-8-6-17(7-9-18)14-16(2)3/h6-9,16,19H,4-5,10-15H2,1-3H3,(H,25,30). The Balaban J connectivity index is 1.55. The van der Waals surface area contributed by atoms with Gasteiger partial charge in [0.15, 0.2) is 10.6 Å². The van der Waals surface area contributed by atoms with Gasteiger partial charge in [-0.15, -0.1) is 0 Å². The van der Waals surface area contributed by atoms with Crippen LogP contribution in [0.4, 0.5) is 0 Å². The van der Waals surface area contributed by atoms with Crippen molar-refractivity contribution in [3.05, 3.63) is 46.0 Å². The smallest absolute Gasteiger partial charge is 0.242 e. The SMILES string of the molecule is CCCc1n[nH]c(=S)n1CC(=O)N1CCC(C(=O)c2ccc(CC(C)C)cc2)CC1. The summed E-state index contributed by atoms with van der Waals surface area (Å²) in [5, 5.41) is 7.01. The van der Waals surface area contributed by atoms with Crippen LogP contribution in [-0.2, 0) is 24.2 Å². The number of hydrogen-bond donors (Lipinski definition) is 1. The van der Waals surface area contributed by atoms with Crippen LogP contribution in [0.2, 0.25) is 0 Å². The number of H-pyrrole nitrogens is 1. The van der Waals surface area contributed by atoms with Crippen molar-refractivity contribution in [3.8, 4) is 0 Å². The molecule has 3 rings (SSSR count). The van der Waals surface area contributed by atoms with Gasteiger partial charge >= 0.3 is 0 Å². The highest BCUT2D eigenvalue weighted by molar-refractivity contribution is 7.71. The molecule has 1 aromatic carbocycles. The van der Waals surface area contributed by atoms with Gasteiger partial charge in [0.2, 0.25) is 5.91 Å². The highest BCUT2D eigenvalue weighted by atomic mass is 32.1. The van der Waals surface area contributed by atoms with Crippen LogP contribution in [0, 0.1) is 16.6 Å². The molecular weight excluding hydrogens is 396 g/mol. The lowest BCUT2D eigenvalue weighted by Gasteiger charge is -2.31. The third-order valence-corrected chi connectivity index (χ3v) is 6.02. The summed E-state index contributed by atoms with van der Waals surface area (Å²) in [5.41, 5.74) is 2.04. The van der Waals surface area contributed by atoms with Crippen LogP contribution >= 0.6 is 12.2 Å². The number of carbonyl (C=O) groups is 2. The molecular formula is C23H32N4O2S. The van der Waals surface area contributed by atoms with Crippen LogP contribution in [0.5, 0.6) is 0 Å². The Bertz CT molecular complexity index is 921. The summed E-state index contributed by atoms with van der Waals surface area (Å²) < 4.78 is 2.27. The quantitative estimate of drug-likeness (QED) is 0.505. The monoisotopic (exact) mass is 428 g/mol. The fourth-order valence-corrected chi connectivity index (χ4v) is 4.28. The number of ketones is 1. The van der Waals surface area contributed by atoms with E-state index in [4.69, 9.17) is 12.2 Å². The van der Waals surface area contributed by atoms with Crippen LogP contribution < -0.4 is 0 Å². The van der Waals surface area contributed by atoms with Gasteiger partial charge < -0.3 is 4.90 Å². The van der Waals surface area contributed by atoms with Gasteiger partial charge in [-0.1, -0.05) is 45.0 Å². The number of hydrogen-bond acceptors (Lipinski definition) is 4. The number of Topliss-reactive ketones (excluding diaryl/α,β-unsaturated/α-hetero) is 1. The van der Waals surface area contributed by atoms with E-state index in [2.05, 4.69) is 43.1 Å². The molecule has 0 bridgehead atoms. The number of nitrogens with one attached hydrogen (secondary N) is 1. The topological polar surface area (TPSA) is 71.0 Å². The Morgan fingerprint density at radius 3 is 2.47 bits per heavy atom. The first kappa shape index (κ1) is 22.4. The largest absolute Gasteiger partial charge is 0.341 e. The van der Waals surface area contributed by atoms with E-state index >= 15 is 0 Å². The van der Waals surface area contributed by atoms with E-state index in [1.54, 1.807) is 4.57 Å². The Hall–Kier alpha value is -2.28. The highest BCUT2D eigenvalue weighted by Crippen LogP contribution is 2.23. The van der Waals surface area contributed by atoms with Crippen LogP contribution in [0.25, 0.3) is 0 Å². The normalized spacial score (nSPS) is 15.0. The lowest BCUT2D eigenvalue weighted by atomic mass is 9.88. The minimum atomic E-state index is -0.0169. The Morgan fingerprint density at radius 2 is 1.87 bits per heavy atom. The zero-order valence-electron chi connectivity index (χ0n) is 18.2. The van der Waals surface area contributed by atoms with Gasteiger partial charge in [-0.3, -0.25) is 19.3 Å². The number of aromatic amines is 1. The number of likely N-dealkylation sites (tertiary alicyclic amines) is 1. The molecule has 1 saturated heterocycles. The molecule has 0 aliphatic carbocycles. The third-order valence-electron chi connectivity index (χ3n) is 5.71. The number of nitrogens with zero attached hydrogens (tertiary/aromatic N) is 3. The van der Waals surface area contributed by atoms with Crippen molar-refractivity contribution in [2.45, 2.75) is 59.4 Å². The van der Waals surface area contributed by atoms with Gasteiger partial charge in [0.25, 0.3) is 0 Å². The molecule has 1 aromatic heterocycles. The molecule has 6 nitrogen and oxygen atoms in total. The van der Waals surface area contributed by atoms with Crippen LogP contribution in [0.15, 0.2) is 24.3 Å². The van der Waals surface area contributed by atoms with Gasteiger partial charge in [-0.2, -0.15) is 5.10 Å². The van der Waals surface area contributed by atoms with Crippen molar-refractivity contribution in [1.82, 2.24) is 19.7 Å². The maximum Gasteiger partial charge on any atom is 0.242 e. The molecule has 1 fully saturated rings. The second kappa shape index (κ2) is 10.2. The van der Waals surface area contributed by atoms with Crippen molar-refractivity contribution in [1.29, 1.82) is 0 Å². The number of aromatic nitrogens is 3. The van der Waals surface area contributed by atoms with Gasteiger partial charge in [-0.25, -0.2) is 0 Å². The van der Waals surface area contributed by atoms with Gasteiger partial charge in [-0.05, 0) is 49.4 Å². The second-order valence-corrected chi connectivity index (χ2v) is 8.98. The van der Waals surface area contributed by atoms with Crippen molar-refractivity contribution in [2.24, 2.45) is 11.8 Å². The Kier molecular flexibility index (Phi) is 7.58. The number of benzene rings is 1. The molecule has 0 spiro atoms. The molecule has 0 atom stereocenters. The molecule has 1 aliphatic heterocycles. The fraction of sp³-hybridized carbons (Fsp3) is 0.565. The molecule has 0 saturated carbocycles. The molecule has 7 heteroatoms. The van der Waals surface area contributed by atoms with E-state index in [1.165, 1.54) is 5.56 Å². The van der Waals surface area contributed by atoms with E-state index < -0.39 is 0 Å². The third kappa shape index (κ3) is 5.45. The summed E-state index contributed by atoms with van der Waals surface area (Å²) in [7, 11) is 0. The molecule has 1 amide bonds. The molecule has 1 aliphatic rings. The first-order valence-corrected chi connectivity index (χ1v) is 11.3. The fourth-order valence-electron chi connectivity index (χ4n) is 4.07. The summed E-state index contributed by atoms with van der Waals surface area (Å²) in [6.07, 6.45) is 4.16. The zero-order valence-corrected chi connectivity index (χ0v) is 19.0. The lowest BCUT2D eigenvalue weighted by Crippen LogP contribution is -2.42. The summed E-state index contributed by atoms with van der Waals surface area (Å²) in [5.74, 6) is 1.64. The summed E-state index contributed by atoms with van der Waals surface area (Å²) >= 11 is 5.28. The number of aryl methyl sites for hydroxylation is 1.